The standard InChI is InChI=1S/C23H34O5/c1-6-18(15-24)12-9-11-17(3)14-16(2)10-7-8-13-19-23(4)21(28-23)20(27-19)22(25)26-5/h7-13,16,18-21,24H,6,14-15H2,1-5H3. The van der Waals surface area contributed by atoms with Gasteiger partial charge >= 0.3 is 5.97 Å². The molecule has 2 aliphatic rings. The fourth-order valence-electron chi connectivity index (χ4n) is 3.49. The van der Waals surface area contributed by atoms with Gasteiger partial charge in [-0.25, -0.2) is 4.79 Å². The number of carbonyl (C=O) groups is 1. The minimum Gasteiger partial charge on any atom is -0.467 e. The van der Waals surface area contributed by atoms with Gasteiger partial charge in [0.05, 0.1) is 7.11 Å². The van der Waals surface area contributed by atoms with Crippen molar-refractivity contribution in [2.24, 2.45) is 11.8 Å². The van der Waals surface area contributed by atoms with Crippen LogP contribution in [-0.4, -0.2) is 48.7 Å². The van der Waals surface area contributed by atoms with Gasteiger partial charge < -0.3 is 19.3 Å². The van der Waals surface area contributed by atoms with Gasteiger partial charge in [0.1, 0.15) is 17.8 Å². The summed E-state index contributed by atoms with van der Waals surface area (Å²) < 4.78 is 16.2. The fraction of sp³-hybridized carbons (Fsp3) is 0.609. The molecule has 2 fully saturated rings. The maximum Gasteiger partial charge on any atom is 0.337 e. The van der Waals surface area contributed by atoms with Crippen LogP contribution in [0.1, 0.15) is 40.5 Å². The van der Waals surface area contributed by atoms with E-state index in [1.165, 1.54) is 12.7 Å². The van der Waals surface area contributed by atoms with Gasteiger partial charge in [0, 0.05) is 6.61 Å². The molecule has 156 valence electrons. The van der Waals surface area contributed by atoms with Gasteiger partial charge in [-0.15, -0.1) is 0 Å². The number of hydrogen-bond acceptors (Lipinski definition) is 5. The van der Waals surface area contributed by atoms with E-state index in [2.05, 4.69) is 39.0 Å². The van der Waals surface area contributed by atoms with Crippen LogP contribution in [-0.2, 0) is 19.0 Å². The number of methoxy groups -OCH3 is 1. The zero-order chi connectivity index (χ0) is 20.7. The third-order valence-corrected chi connectivity index (χ3v) is 5.46. The first kappa shape index (κ1) is 22.6. The first-order chi connectivity index (χ1) is 13.3. The Morgan fingerprint density at radius 1 is 1.29 bits per heavy atom. The minimum atomic E-state index is -0.633. The minimum absolute atomic E-state index is 0.196. The van der Waals surface area contributed by atoms with Crippen molar-refractivity contribution < 1.29 is 24.1 Å². The van der Waals surface area contributed by atoms with E-state index >= 15 is 0 Å². The summed E-state index contributed by atoms with van der Waals surface area (Å²) in [5, 5.41) is 9.20. The molecule has 2 rings (SSSR count). The first-order valence-electron chi connectivity index (χ1n) is 10.1. The fourth-order valence-corrected chi connectivity index (χ4v) is 3.49. The summed E-state index contributed by atoms with van der Waals surface area (Å²) in [7, 11) is 1.36. The van der Waals surface area contributed by atoms with E-state index in [1.807, 2.05) is 31.2 Å². The van der Waals surface area contributed by atoms with Gasteiger partial charge in [-0.05, 0) is 38.5 Å². The Balaban J connectivity index is 1.80. The van der Waals surface area contributed by atoms with Crippen molar-refractivity contribution in [2.45, 2.75) is 64.4 Å². The molecule has 28 heavy (non-hydrogen) atoms. The van der Waals surface area contributed by atoms with Crippen LogP contribution in [0.5, 0.6) is 0 Å². The van der Waals surface area contributed by atoms with Crippen molar-refractivity contribution in [3.63, 3.8) is 0 Å². The monoisotopic (exact) mass is 390 g/mol. The van der Waals surface area contributed by atoms with E-state index in [4.69, 9.17) is 14.2 Å². The third-order valence-electron chi connectivity index (χ3n) is 5.46. The predicted octanol–water partition coefficient (Wildman–Crippen LogP) is 3.74. The molecule has 0 aromatic carbocycles. The Kier molecular flexibility index (Phi) is 8.23. The molecule has 2 aliphatic heterocycles. The molecule has 2 saturated heterocycles. The topological polar surface area (TPSA) is 68.3 Å². The Hall–Kier alpha value is -1.69. The lowest BCUT2D eigenvalue weighted by Crippen LogP contribution is -2.29. The Morgan fingerprint density at radius 3 is 2.68 bits per heavy atom. The number of allylic oxidation sites excluding steroid dienone is 6. The zero-order valence-electron chi connectivity index (χ0n) is 17.6. The second-order valence-electron chi connectivity index (χ2n) is 7.92. The molecule has 5 nitrogen and oxygen atoms in total. The molecule has 0 spiro atoms. The number of hydrogen-bond donors (Lipinski definition) is 1. The highest BCUT2D eigenvalue weighted by Crippen LogP contribution is 2.50. The van der Waals surface area contributed by atoms with E-state index in [0.29, 0.717) is 5.92 Å². The van der Waals surface area contributed by atoms with E-state index in [1.54, 1.807) is 0 Å². The van der Waals surface area contributed by atoms with Crippen LogP contribution >= 0.6 is 0 Å². The number of fused-ring (bicyclic) bond motifs is 1. The van der Waals surface area contributed by atoms with Gasteiger partial charge in [0.25, 0.3) is 0 Å². The molecule has 2 heterocycles. The zero-order valence-corrected chi connectivity index (χ0v) is 17.6. The van der Waals surface area contributed by atoms with Gasteiger partial charge in [0.15, 0.2) is 6.10 Å². The predicted molar refractivity (Wildman–Crippen MR) is 110 cm³/mol. The average molecular weight is 391 g/mol. The molecule has 0 radical (unpaired) electrons. The molecule has 0 saturated carbocycles. The van der Waals surface area contributed by atoms with Gasteiger partial charge in [0.2, 0.25) is 0 Å². The quantitative estimate of drug-likeness (QED) is 0.350. The highest BCUT2D eigenvalue weighted by Gasteiger charge is 2.69. The van der Waals surface area contributed by atoms with Gasteiger partial charge in [-0.1, -0.05) is 62.0 Å². The molecule has 6 atom stereocenters. The summed E-state index contributed by atoms with van der Waals surface area (Å²) in [6.45, 7) is 8.53. The largest absolute Gasteiger partial charge is 0.467 e. The number of epoxide rings is 1. The van der Waals surface area contributed by atoms with Crippen LogP contribution in [0.25, 0.3) is 0 Å². The van der Waals surface area contributed by atoms with Gasteiger partial charge in [-0.2, -0.15) is 0 Å². The molecule has 0 amide bonds. The lowest BCUT2D eigenvalue weighted by molar-refractivity contribution is -0.157. The Bertz CT molecular complexity index is 643. The lowest BCUT2D eigenvalue weighted by Gasteiger charge is -2.15. The second-order valence-corrected chi connectivity index (χ2v) is 7.92. The van der Waals surface area contributed by atoms with Crippen LogP contribution in [0.4, 0.5) is 0 Å². The highest BCUT2D eigenvalue weighted by molar-refractivity contribution is 5.77. The maximum atomic E-state index is 11.7. The summed E-state index contributed by atoms with van der Waals surface area (Å²) in [5.41, 5.74) is 0.873. The van der Waals surface area contributed by atoms with Crippen molar-refractivity contribution in [3.8, 4) is 0 Å². The van der Waals surface area contributed by atoms with E-state index in [9.17, 15) is 9.90 Å². The maximum absolute atomic E-state index is 11.7. The number of carbonyl (C=O) groups excluding carboxylic acids is 1. The number of ether oxygens (including phenoxy) is 3. The molecule has 0 bridgehead atoms. The van der Waals surface area contributed by atoms with Crippen LogP contribution in [0.3, 0.4) is 0 Å². The van der Waals surface area contributed by atoms with Crippen LogP contribution < -0.4 is 0 Å². The van der Waals surface area contributed by atoms with E-state index < -0.39 is 11.7 Å². The van der Waals surface area contributed by atoms with Gasteiger partial charge in [-0.3, -0.25) is 0 Å². The summed E-state index contributed by atoms with van der Waals surface area (Å²) in [6.07, 6.45) is 15.1. The molecule has 1 N–H and O–H groups in total. The molecule has 0 aromatic heterocycles. The average Bonchev–Trinajstić information content (AvgIpc) is 3.28. The summed E-state index contributed by atoms with van der Waals surface area (Å²) in [6, 6.07) is 0. The number of aliphatic hydroxyl groups excluding tert-OH is 1. The number of rotatable bonds is 10. The molecule has 6 unspecified atom stereocenters. The Labute approximate surface area is 168 Å². The highest BCUT2D eigenvalue weighted by atomic mass is 16.7. The van der Waals surface area contributed by atoms with Crippen LogP contribution in [0, 0.1) is 11.8 Å². The molecular weight excluding hydrogens is 356 g/mol. The molecule has 0 aliphatic carbocycles. The van der Waals surface area contributed by atoms with Crippen LogP contribution in [0.15, 0.2) is 48.1 Å². The molecule has 5 heteroatoms. The van der Waals surface area contributed by atoms with Crippen LogP contribution in [0.2, 0.25) is 0 Å². The Morgan fingerprint density at radius 2 is 2.04 bits per heavy atom. The third kappa shape index (κ3) is 5.66. The van der Waals surface area contributed by atoms with E-state index in [-0.39, 0.29) is 30.7 Å². The lowest BCUT2D eigenvalue weighted by atomic mass is 9.99. The second kappa shape index (κ2) is 10.2. The smallest absolute Gasteiger partial charge is 0.337 e. The summed E-state index contributed by atoms with van der Waals surface area (Å²) >= 11 is 0. The van der Waals surface area contributed by atoms with E-state index in [0.717, 1.165) is 12.8 Å². The normalized spacial score (nSPS) is 32.2. The van der Waals surface area contributed by atoms with Crippen molar-refractivity contribution in [2.75, 3.05) is 13.7 Å². The number of aliphatic hydroxyl groups is 1. The molecule has 0 aromatic rings. The number of esters is 1. The van der Waals surface area contributed by atoms with Crippen molar-refractivity contribution in [1.29, 1.82) is 0 Å². The van der Waals surface area contributed by atoms with Crippen molar-refractivity contribution in [1.82, 2.24) is 0 Å². The first-order valence-corrected chi connectivity index (χ1v) is 10.1. The summed E-state index contributed by atoms with van der Waals surface area (Å²) in [4.78, 5) is 11.7. The SMILES string of the molecule is CCC(C=CC=C(C)CC(C)C=CC=CC1OC(C(=O)OC)C2OC12C)CO. The van der Waals surface area contributed by atoms with Crippen molar-refractivity contribution in [3.05, 3.63) is 48.1 Å². The van der Waals surface area contributed by atoms with Crippen molar-refractivity contribution >= 4 is 5.97 Å². The molecular formula is C23H34O5. The summed E-state index contributed by atoms with van der Waals surface area (Å²) in [5.74, 6) is 0.260.